The molecule has 0 radical (unpaired) electrons. The van der Waals surface area contributed by atoms with E-state index in [4.69, 9.17) is 10.5 Å². The fourth-order valence-corrected chi connectivity index (χ4v) is 2.30. The topological polar surface area (TPSA) is 153 Å². The van der Waals surface area contributed by atoms with E-state index in [-0.39, 0.29) is 11.5 Å². The van der Waals surface area contributed by atoms with Crippen molar-refractivity contribution in [2.24, 2.45) is 7.05 Å². The summed E-state index contributed by atoms with van der Waals surface area (Å²) in [5.41, 5.74) is 4.15. The molecule has 0 aliphatic rings. The molecular weight excluding hydrogens is 330 g/mol. The quantitative estimate of drug-likeness (QED) is 0.429. The van der Waals surface area contributed by atoms with E-state index >= 15 is 0 Å². The van der Waals surface area contributed by atoms with Crippen LogP contribution < -0.4 is 17.0 Å². The molecule has 0 aliphatic carbocycles. The van der Waals surface area contributed by atoms with Gasteiger partial charge >= 0.3 is 11.7 Å². The molecule has 3 rings (SSSR count). The Hall–Kier alpha value is -3.69. The molecule has 0 fully saturated rings. The molecule has 10 heteroatoms. The van der Waals surface area contributed by atoms with Gasteiger partial charge in [-0.05, 0) is 6.07 Å². The number of ether oxygens (including phenoxy) is 1. The van der Waals surface area contributed by atoms with Gasteiger partial charge in [0, 0.05) is 12.4 Å². The van der Waals surface area contributed by atoms with E-state index in [1.54, 1.807) is 24.3 Å². The Bertz CT molecular complexity index is 1110. The zero-order valence-electron chi connectivity index (χ0n) is 13.0. The Kier molecular flexibility index (Phi) is 3.93. The average Bonchev–Trinajstić information content (AvgIpc) is 3.02. The number of anilines is 1. The highest BCUT2D eigenvalue weighted by Gasteiger charge is 2.21. The molecule has 0 aliphatic heterocycles. The van der Waals surface area contributed by atoms with E-state index in [2.05, 4.69) is 10.2 Å². The van der Waals surface area contributed by atoms with Crippen molar-refractivity contribution in [1.82, 2.24) is 19.7 Å². The number of nitrogen functional groups attached to an aromatic ring is 1. The van der Waals surface area contributed by atoms with Gasteiger partial charge in [-0.3, -0.25) is 24.2 Å². The van der Waals surface area contributed by atoms with Crippen molar-refractivity contribution in [1.29, 1.82) is 0 Å². The number of hydrogen-bond donors (Lipinski definition) is 3. The molecule has 2 heterocycles. The SMILES string of the molecule is Cn1c(N)c(C(=O)COC(=O)c2n[nH]c3ccccc23)c(=O)[nH]c1=O. The molecule has 0 bridgehead atoms. The molecule has 0 unspecified atom stereocenters. The highest BCUT2D eigenvalue weighted by Crippen LogP contribution is 2.16. The van der Waals surface area contributed by atoms with Crippen molar-refractivity contribution >= 4 is 28.5 Å². The zero-order chi connectivity index (χ0) is 18.1. The van der Waals surface area contributed by atoms with Gasteiger partial charge in [-0.25, -0.2) is 9.59 Å². The van der Waals surface area contributed by atoms with E-state index < -0.39 is 35.2 Å². The first kappa shape index (κ1) is 16.2. The third kappa shape index (κ3) is 2.80. The number of para-hydroxylation sites is 1. The summed E-state index contributed by atoms with van der Waals surface area (Å²) < 4.78 is 5.84. The predicted molar refractivity (Wildman–Crippen MR) is 87.4 cm³/mol. The summed E-state index contributed by atoms with van der Waals surface area (Å²) in [5.74, 6) is -1.96. The van der Waals surface area contributed by atoms with Crippen molar-refractivity contribution in [3.05, 3.63) is 56.4 Å². The van der Waals surface area contributed by atoms with Crippen LogP contribution in [-0.4, -0.2) is 38.1 Å². The van der Waals surface area contributed by atoms with Gasteiger partial charge < -0.3 is 10.5 Å². The van der Waals surface area contributed by atoms with E-state index in [9.17, 15) is 19.2 Å². The smallest absolute Gasteiger partial charge is 0.359 e. The first-order valence-electron chi connectivity index (χ1n) is 7.12. The standard InChI is InChI=1S/C15H13N5O5/c1-20-12(16)10(13(22)17-15(20)24)9(21)6-25-14(23)11-7-4-2-3-5-8(7)18-19-11/h2-5H,6,16H2,1H3,(H,18,19)(H,17,22,24). The van der Waals surface area contributed by atoms with E-state index in [0.717, 1.165) is 4.57 Å². The number of hydrogen-bond acceptors (Lipinski definition) is 7. The van der Waals surface area contributed by atoms with E-state index in [1.165, 1.54) is 7.05 Å². The Morgan fingerprint density at radius 1 is 1.28 bits per heavy atom. The maximum absolute atomic E-state index is 12.2. The van der Waals surface area contributed by atoms with Crippen LogP contribution in [0, 0.1) is 0 Å². The second-order valence-corrected chi connectivity index (χ2v) is 5.20. The van der Waals surface area contributed by atoms with E-state index in [1.807, 2.05) is 4.98 Å². The number of fused-ring (bicyclic) bond motifs is 1. The lowest BCUT2D eigenvalue weighted by atomic mass is 10.2. The number of ketones is 1. The maximum Gasteiger partial charge on any atom is 0.359 e. The van der Waals surface area contributed by atoms with Crippen molar-refractivity contribution in [2.75, 3.05) is 12.3 Å². The maximum atomic E-state index is 12.2. The van der Waals surface area contributed by atoms with Crippen molar-refractivity contribution in [3.8, 4) is 0 Å². The Morgan fingerprint density at radius 3 is 2.76 bits per heavy atom. The second kappa shape index (κ2) is 6.07. The summed E-state index contributed by atoms with van der Waals surface area (Å²) in [7, 11) is 1.30. The van der Waals surface area contributed by atoms with Crippen molar-refractivity contribution in [3.63, 3.8) is 0 Å². The lowest BCUT2D eigenvalue weighted by Gasteiger charge is -2.07. The fourth-order valence-electron chi connectivity index (χ4n) is 2.30. The van der Waals surface area contributed by atoms with E-state index in [0.29, 0.717) is 10.9 Å². The van der Waals surface area contributed by atoms with Gasteiger partial charge in [0.1, 0.15) is 11.4 Å². The lowest BCUT2D eigenvalue weighted by Crippen LogP contribution is -2.35. The fraction of sp³-hybridized carbons (Fsp3) is 0.133. The number of benzene rings is 1. The number of Topliss-reactive ketones (excluding diaryl/α,β-unsaturated/α-hetero) is 1. The van der Waals surface area contributed by atoms with Gasteiger partial charge in [0.2, 0.25) is 5.78 Å². The summed E-state index contributed by atoms with van der Waals surface area (Å²) in [6.07, 6.45) is 0. The first-order valence-corrected chi connectivity index (χ1v) is 7.12. The van der Waals surface area contributed by atoms with Crippen LogP contribution in [0.1, 0.15) is 20.8 Å². The number of H-pyrrole nitrogens is 2. The number of rotatable bonds is 4. The molecule has 2 aromatic heterocycles. The van der Waals surface area contributed by atoms with Gasteiger partial charge in [0.05, 0.1) is 5.52 Å². The normalized spacial score (nSPS) is 10.8. The minimum atomic E-state index is -0.938. The van der Waals surface area contributed by atoms with Gasteiger partial charge in [-0.15, -0.1) is 0 Å². The number of aromatic nitrogens is 4. The molecule has 0 spiro atoms. The van der Waals surface area contributed by atoms with Crippen LogP contribution in [0.25, 0.3) is 10.9 Å². The molecule has 0 atom stereocenters. The average molecular weight is 343 g/mol. The van der Waals surface area contributed by atoms with Crippen molar-refractivity contribution < 1.29 is 14.3 Å². The predicted octanol–water partition coefficient (Wildman–Crippen LogP) is -0.428. The molecule has 10 nitrogen and oxygen atoms in total. The highest BCUT2D eigenvalue weighted by atomic mass is 16.5. The van der Waals surface area contributed by atoms with Crippen LogP contribution in [0.5, 0.6) is 0 Å². The van der Waals surface area contributed by atoms with Crippen molar-refractivity contribution in [2.45, 2.75) is 0 Å². The number of esters is 1. The summed E-state index contributed by atoms with van der Waals surface area (Å²) >= 11 is 0. The Morgan fingerprint density at radius 2 is 2.00 bits per heavy atom. The molecule has 25 heavy (non-hydrogen) atoms. The van der Waals surface area contributed by atoms with Crippen LogP contribution in [0.3, 0.4) is 0 Å². The molecule has 4 N–H and O–H groups in total. The highest BCUT2D eigenvalue weighted by molar-refractivity contribution is 6.05. The lowest BCUT2D eigenvalue weighted by molar-refractivity contribution is 0.0470. The minimum Gasteiger partial charge on any atom is -0.452 e. The van der Waals surface area contributed by atoms with Crippen LogP contribution in [0.2, 0.25) is 0 Å². The molecule has 0 saturated heterocycles. The molecular formula is C15H13N5O5. The number of nitrogens with two attached hydrogens (primary N) is 1. The van der Waals surface area contributed by atoms with Gasteiger partial charge in [-0.1, -0.05) is 18.2 Å². The molecule has 3 aromatic rings. The Labute approximate surface area is 139 Å². The number of nitrogens with one attached hydrogen (secondary N) is 2. The largest absolute Gasteiger partial charge is 0.452 e. The molecule has 1 aromatic carbocycles. The second-order valence-electron chi connectivity index (χ2n) is 5.20. The molecule has 0 amide bonds. The molecule has 128 valence electrons. The van der Waals surface area contributed by atoms with Gasteiger partial charge in [0.15, 0.2) is 12.3 Å². The molecule has 0 saturated carbocycles. The number of carbonyl (C=O) groups is 2. The number of aromatic amines is 2. The Balaban J connectivity index is 1.81. The summed E-state index contributed by atoms with van der Waals surface area (Å²) in [6, 6.07) is 6.90. The van der Waals surface area contributed by atoms with Crippen LogP contribution in [0.4, 0.5) is 5.82 Å². The van der Waals surface area contributed by atoms with Gasteiger partial charge in [-0.2, -0.15) is 5.10 Å². The van der Waals surface area contributed by atoms with Crippen LogP contribution in [0.15, 0.2) is 33.9 Å². The van der Waals surface area contributed by atoms with Crippen LogP contribution >= 0.6 is 0 Å². The first-order chi connectivity index (χ1) is 11.9. The monoisotopic (exact) mass is 343 g/mol. The summed E-state index contributed by atoms with van der Waals surface area (Å²) in [5, 5.41) is 7.07. The number of nitrogens with zero attached hydrogens (tertiary/aromatic N) is 2. The third-order valence-corrected chi connectivity index (χ3v) is 3.65. The number of carbonyl (C=O) groups excluding carboxylic acids is 2. The summed E-state index contributed by atoms with van der Waals surface area (Å²) in [6.45, 7) is -0.717. The van der Waals surface area contributed by atoms with Crippen LogP contribution in [-0.2, 0) is 11.8 Å². The summed E-state index contributed by atoms with van der Waals surface area (Å²) in [4.78, 5) is 49.4. The minimum absolute atomic E-state index is 0.0192. The third-order valence-electron chi connectivity index (χ3n) is 3.65. The van der Waals surface area contributed by atoms with Gasteiger partial charge in [0.25, 0.3) is 5.56 Å². The zero-order valence-corrected chi connectivity index (χ0v) is 13.0.